The number of hydrogen-bond donors (Lipinski definition) is 3. The normalized spacial score (nSPS) is 14.6. The van der Waals surface area contributed by atoms with E-state index in [4.69, 9.17) is 0 Å². The summed E-state index contributed by atoms with van der Waals surface area (Å²) >= 11 is 0. The van der Waals surface area contributed by atoms with Crippen molar-refractivity contribution in [3.63, 3.8) is 0 Å². The molecule has 3 N–H and O–H groups in total. The lowest BCUT2D eigenvalue weighted by Crippen LogP contribution is -2.43. The number of nitrogens with one attached hydrogen (secondary N) is 1. The van der Waals surface area contributed by atoms with E-state index in [2.05, 4.69) is 10.3 Å². The van der Waals surface area contributed by atoms with Gasteiger partial charge in [-0.3, -0.25) is 9.78 Å². The maximum absolute atomic E-state index is 11.6. The van der Waals surface area contributed by atoms with Crippen molar-refractivity contribution in [2.45, 2.75) is 26.4 Å². The standard InChI is InChI=1S/C14H20N2O3/c1-10(2)14(3,19)9-16-13(18)5-4-11-6-12(17)8-15-7-11/h4-8,10,17,19H,9H2,1-3H3,(H,16,18)/b5-4+. The van der Waals surface area contributed by atoms with Crippen LogP contribution in [0.4, 0.5) is 0 Å². The molecule has 0 aliphatic rings. The van der Waals surface area contributed by atoms with E-state index in [1.54, 1.807) is 13.0 Å². The summed E-state index contributed by atoms with van der Waals surface area (Å²) in [5.74, 6) is -0.207. The average molecular weight is 264 g/mol. The van der Waals surface area contributed by atoms with Crippen molar-refractivity contribution in [3.05, 3.63) is 30.1 Å². The van der Waals surface area contributed by atoms with Gasteiger partial charge in [0.15, 0.2) is 0 Å². The van der Waals surface area contributed by atoms with Crippen molar-refractivity contribution >= 4 is 12.0 Å². The van der Waals surface area contributed by atoms with Crippen LogP contribution >= 0.6 is 0 Å². The zero-order valence-electron chi connectivity index (χ0n) is 11.4. The number of carbonyl (C=O) groups excluding carboxylic acids is 1. The molecule has 5 heteroatoms. The second-order valence-corrected chi connectivity index (χ2v) is 5.04. The lowest BCUT2D eigenvalue weighted by Gasteiger charge is -2.27. The lowest BCUT2D eigenvalue weighted by atomic mass is 9.92. The Kier molecular flexibility index (Phi) is 5.06. The highest BCUT2D eigenvalue weighted by atomic mass is 16.3. The average Bonchev–Trinajstić information content (AvgIpc) is 2.34. The number of aromatic hydroxyl groups is 1. The van der Waals surface area contributed by atoms with Gasteiger partial charge in [-0.05, 0) is 30.5 Å². The van der Waals surface area contributed by atoms with Crippen LogP contribution in [0.3, 0.4) is 0 Å². The molecule has 0 radical (unpaired) electrons. The minimum Gasteiger partial charge on any atom is -0.506 e. The van der Waals surface area contributed by atoms with Crippen molar-refractivity contribution in [2.75, 3.05) is 6.54 Å². The van der Waals surface area contributed by atoms with Gasteiger partial charge >= 0.3 is 0 Å². The SMILES string of the molecule is CC(C)C(C)(O)CNC(=O)/C=C/c1cncc(O)c1. The molecule has 19 heavy (non-hydrogen) atoms. The van der Waals surface area contributed by atoms with Crippen molar-refractivity contribution in [2.24, 2.45) is 5.92 Å². The molecule has 1 aromatic rings. The fourth-order valence-electron chi connectivity index (χ4n) is 1.24. The van der Waals surface area contributed by atoms with Crippen LogP contribution in [0.15, 0.2) is 24.5 Å². The summed E-state index contributed by atoms with van der Waals surface area (Å²) in [6, 6.07) is 1.50. The third-order valence-electron chi connectivity index (χ3n) is 3.04. The summed E-state index contributed by atoms with van der Waals surface area (Å²) in [5.41, 5.74) is -0.304. The number of aromatic nitrogens is 1. The third-order valence-corrected chi connectivity index (χ3v) is 3.04. The van der Waals surface area contributed by atoms with Gasteiger partial charge in [0.25, 0.3) is 0 Å². The largest absolute Gasteiger partial charge is 0.506 e. The van der Waals surface area contributed by atoms with Crippen molar-refractivity contribution < 1.29 is 15.0 Å². The summed E-state index contributed by atoms with van der Waals surface area (Å²) in [7, 11) is 0. The van der Waals surface area contributed by atoms with Crippen molar-refractivity contribution in [3.8, 4) is 5.75 Å². The van der Waals surface area contributed by atoms with Gasteiger partial charge in [0.05, 0.1) is 11.8 Å². The second-order valence-electron chi connectivity index (χ2n) is 5.04. The molecular formula is C14H20N2O3. The van der Waals surface area contributed by atoms with E-state index < -0.39 is 5.60 Å². The summed E-state index contributed by atoms with van der Waals surface area (Å²) in [4.78, 5) is 15.4. The molecule has 104 valence electrons. The van der Waals surface area contributed by atoms with Crippen LogP contribution < -0.4 is 5.32 Å². The molecular weight excluding hydrogens is 244 g/mol. The first-order valence-corrected chi connectivity index (χ1v) is 6.13. The Morgan fingerprint density at radius 3 is 2.79 bits per heavy atom. The monoisotopic (exact) mass is 264 g/mol. The number of nitrogens with zero attached hydrogens (tertiary/aromatic N) is 1. The Bertz CT molecular complexity index is 468. The molecule has 0 bridgehead atoms. The Hall–Kier alpha value is -1.88. The van der Waals surface area contributed by atoms with Gasteiger partial charge in [0.2, 0.25) is 5.91 Å². The Morgan fingerprint density at radius 2 is 2.21 bits per heavy atom. The van der Waals surface area contributed by atoms with Gasteiger partial charge in [-0.25, -0.2) is 0 Å². The molecule has 0 aromatic carbocycles. The highest BCUT2D eigenvalue weighted by Crippen LogP contribution is 2.14. The highest BCUT2D eigenvalue weighted by Gasteiger charge is 2.24. The van der Waals surface area contributed by atoms with E-state index in [-0.39, 0.29) is 24.1 Å². The smallest absolute Gasteiger partial charge is 0.244 e. The zero-order valence-corrected chi connectivity index (χ0v) is 11.4. The predicted molar refractivity (Wildman–Crippen MR) is 73.4 cm³/mol. The van der Waals surface area contributed by atoms with Crippen molar-refractivity contribution in [1.29, 1.82) is 0 Å². The summed E-state index contributed by atoms with van der Waals surface area (Å²) in [5, 5.41) is 21.8. The Labute approximate surface area is 113 Å². The molecule has 1 atom stereocenters. The lowest BCUT2D eigenvalue weighted by molar-refractivity contribution is -0.118. The van der Waals surface area contributed by atoms with E-state index in [0.717, 1.165) is 0 Å². The van der Waals surface area contributed by atoms with E-state index in [1.807, 2.05) is 13.8 Å². The van der Waals surface area contributed by atoms with Gasteiger partial charge in [-0.1, -0.05) is 13.8 Å². The van der Waals surface area contributed by atoms with E-state index in [0.29, 0.717) is 5.56 Å². The fraction of sp³-hybridized carbons (Fsp3) is 0.429. The topological polar surface area (TPSA) is 82.5 Å². The molecule has 0 fully saturated rings. The first kappa shape index (κ1) is 15.2. The third kappa shape index (κ3) is 5.09. The van der Waals surface area contributed by atoms with Crippen LogP contribution in [0.25, 0.3) is 6.08 Å². The number of pyridine rings is 1. The first-order valence-electron chi connectivity index (χ1n) is 6.13. The second kappa shape index (κ2) is 6.33. The molecule has 0 aliphatic heterocycles. The van der Waals surface area contributed by atoms with Gasteiger partial charge in [-0.15, -0.1) is 0 Å². The van der Waals surface area contributed by atoms with Crippen LogP contribution in [0, 0.1) is 5.92 Å². The van der Waals surface area contributed by atoms with Crippen LogP contribution in [-0.2, 0) is 4.79 Å². The highest BCUT2D eigenvalue weighted by molar-refractivity contribution is 5.91. The van der Waals surface area contributed by atoms with E-state index >= 15 is 0 Å². The van der Waals surface area contributed by atoms with Crippen molar-refractivity contribution in [1.82, 2.24) is 10.3 Å². The quantitative estimate of drug-likeness (QED) is 0.701. The van der Waals surface area contributed by atoms with E-state index in [9.17, 15) is 15.0 Å². The van der Waals surface area contributed by atoms with Gasteiger partial charge in [0.1, 0.15) is 5.75 Å². The summed E-state index contributed by atoms with van der Waals surface area (Å²) in [6.45, 7) is 5.65. The number of carbonyl (C=O) groups is 1. The van der Waals surface area contributed by atoms with Gasteiger partial charge < -0.3 is 15.5 Å². The van der Waals surface area contributed by atoms with E-state index in [1.165, 1.54) is 24.5 Å². The van der Waals surface area contributed by atoms with Gasteiger partial charge in [-0.2, -0.15) is 0 Å². The maximum atomic E-state index is 11.6. The van der Waals surface area contributed by atoms with Crippen LogP contribution in [0.2, 0.25) is 0 Å². The number of aliphatic hydroxyl groups is 1. The molecule has 1 rings (SSSR count). The molecule has 1 heterocycles. The number of rotatable bonds is 5. The predicted octanol–water partition coefficient (Wildman–Crippen LogP) is 1.32. The summed E-state index contributed by atoms with van der Waals surface area (Å²) in [6.07, 6.45) is 5.74. The molecule has 1 unspecified atom stereocenters. The molecule has 0 spiro atoms. The number of hydrogen-bond acceptors (Lipinski definition) is 4. The Balaban J connectivity index is 2.52. The Morgan fingerprint density at radius 1 is 1.53 bits per heavy atom. The number of amides is 1. The molecule has 1 amide bonds. The van der Waals surface area contributed by atoms with Crippen LogP contribution in [-0.4, -0.2) is 33.3 Å². The zero-order chi connectivity index (χ0) is 14.5. The molecule has 0 saturated carbocycles. The van der Waals surface area contributed by atoms with Gasteiger partial charge in [0, 0.05) is 18.8 Å². The first-order chi connectivity index (χ1) is 8.81. The molecule has 0 aliphatic carbocycles. The molecule has 5 nitrogen and oxygen atoms in total. The molecule has 0 saturated heterocycles. The fourth-order valence-corrected chi connectivity index (χ4v) is 1.24. The van der Waals surface area contributed by atoms with Crippen LogP contribution in [0.5, 0.6) is 5.75 Å². The summed E-state index contributed by atoms with van der Waals surface area (Å²) < 4.78 is 0. The minimum absolute atomic E-state index is 0.0466. The molecule has 1 aromatic heterocycles. The van der Waals surface area contributed by atoms with Crippen LogP contribution in [0.1, 0.15) is 26.3 Å². The maximum Gasteiger partial charge on any atom is 0.244 e. The minimum atomic E-state index is -0.934.